The van der Waals surface area contributed by atoms with Crippen molar-refractivity contribution in [2.75, 3.05) is 13.2 Å². The number of carbonyl (C=O) groups excluding carboxylic acids is 1. The van der Waals surface area contributed by atoms with Crippen LogP contribution in [0.3, 0.4) is 0 Å². The van der Waals surface area contributed by atoms with E-state index >= 15 is 0 Å². The van der Waals surface area contributed by atoms with Crippen molar-refractivity contribution in [2.24, 2.45) is 0 Å². The Morgan fingerprint density at radius 3 is 2.58 bits per heavy atom. The second-order valence-corrected chi connectivity index (χ2v) is 3.69. The van der Waals surface area contributed by atoms with Crippen molar-refractivity contribution in [3.63, 3.8) is 0 Å². The third-order valence-electron chi connectivity index (χ3n) is 2.16. The van der Waals surface area contributed by atoms with Gasteiger partial charge in [-0.15, -0.1) is 0 Å². The van der Waals surface area contributed by atoms with Gasteiger partial charge in [-0.1, -0.05) is 0 Å². The predicted molar refractivity (Wildman–Crippen MR) is 58.2 cm³/mol. The van der Waals surface area contributed by atoms with E-state index in [9.17, 15) is 27.6 Å². The minimum atomic E-state index is -4.47. The summed E-state index contributed by atoms with van der Waals surface area (Å²) in [5.74, 6) is -0.550. The lowest BCUT2D eigenvalue weighted by atomic mass is 10.2. The van der Waals surface area contributed by atoms with Crippen LogP contribution in [0.1, 0.15) is 17.3 Å². The summed E-state index contributed by atoms with van der Waals surface area (Å²) in [5, 5.41) is 0. The average molecular weight is 280 g/mol. The molecule has 0 atom stereocenters. The minimum absolute atomic E-state index is 0.240. The Morgan fingerprint density at radius 1 is 1.42 bits per heavy atom. The maximum absolute atomic E-state index is 11.8. The number of hydrogen-bond acceptors (Lipinski definition) is 4. The number of ketones is 1. The first kappa shape index (κ1) is 15.2. The summed E-state index contributed by atoms with van der Waals surface area (Å²) in [5.41, 5.74) is -1.91. The second kappa shape index (κ2) is 5.83. The van der Waals surface area contributed by atoms with Gasteiger partial charge in [0.1, 0.15) is 6.61 Å². The Morgan fingerprint density at radius 2 is 2.05 bits per heavy atom. The Bertz CT molecular complexity index is 573. The highest BCUT2D eigenvalue weighted by Crippen LogP contribution is 2.14. The molecule has 0 aromatic carbocycles. The summed E-state index contributed by atoms with van der Waals surface area (Å²) in [6.07, 6.45) is -3.50. The van der Waals surface area contributed by atoms with Crippen molar-refractivity contribution in [1.29, 1.82) is 0 Å². The van der Waals surface area contributed by atoms with Crippen molar-refractivity contribution < 1.29 is 22.7 Å². The fourth-order valence-electron chi connectivity index (χ4n) is 1.31. The number of aromatic amines is 1. The number of hydrogen-bond donors (Lipinski definition) is 1. The zero-order valence-corrected chi connectivity index (χ0v) is 9.91. The van der Waals surface area contributed by atoms with Gasteiger partial charge in [0.25, 0.3) is 5.56 Å². The molecule has 0 radical (unpaired) electrons. The van der Waals surface area contributed by atoms with E-state index in [4.69, 9.17) is 0 Å². The number of carbonyl (C=O) groups is 1. The number of Topliss-reactive ketones (excluding diaryl/α,β-unsaturated/α-hetero) is 1. The molecular formula is C10H11F3N2O4. The molecule has 0 aliphatic rings. The van der Waals surface area contributed by atoms with Crippen LogP contribution in [0.2, 0.25) is 0 Å². The highest BCUT2D eigenvalue weighted by atomic mass is 19.4. The highest BCUT2D eigenvalue weighted by molar-refractivity contribution is 5.93. The highest BCUT2D eigenvalue weighted by Gasteiger charge is 2.27. The van der Waals surface area contributed by atoms with E-state index in [0.29, 0.717) is 4.57 Å². The van der Waals surface area contributed by atoms with Gasteiger partial charge < -0.3 is 9.72 Å². The van der Waals surface area contributed by atoms with Gasteiger partial charge in [0.2, 0.25) is 0 Å². The standard InChI is InChI=1S/C10H11F3N2O4/c1-6(16)7-4-14-9(18)15(8(7)17)2-3-19-5-10(11,12)13/h4H,2-3,5H2,1H3,(H,14,18). The quantitative estimate of drug-likeness (QED) is 0.622. The van der Waals surface area contributed by atoms with Gasteiger partial charge in [0.05, 0.1) is 18.7 Å². The van der Waals surface area contributed by atoms with Gasteiger partial charge in [-0.05, 0) is 6.92 Å². The molecule has 0 saturated heterocycles. The summed E-state index contributed by atoms with van der Waals surface area (Å²) >= 11 is 0. The van der Waals surface area contributed by atoms with Crippen LogP contribution in [-0.4, -0.2) is 34.7 Å². The number of rotatable bonds is 5. The number of nitrogens with zero attached hydrogens (tertiary/aromatic N) is 1. The predicted octanol–water partition coefficient (Wildman–Crippen LogP) is 0.318. The van der Waals surface area contributed by atoms with Gasteiger partial charge >= 0.3 is 11.9 Å². The first-order valence-corrected chi connectivity index (χ1v) is 5.20. The monoisotopic (exact) mass is 280 g/mol. The molecule has 0 aliphatic heterocycles. The fraction of sp³-hybridized carbons (Fsp3) is 0.500. The van der Waals surface area contributed by atoms with E-state index in [-0.39, 0.29) is 12.1 Å². The van der Waals surface area contributed by atoms with Crippen molar-refractivity contribution in [3.05, 3.63) is 32.6 Å². The summed E-state index contributed by atoms with van der Waals surface area (Å²) in [6, 6.07) is 0. The van der Waals surface area contributed by atoms with Crippen molar-refractivity contribution in [2.45, 2.75) is 19.6 Å². The van der Waals surface area contributed by atoms with Crippen LogP contribution in [-0.2, 0) is 11.3 Å². The van der Waals surface area contributed by atoms with Gasteiger partial charge in [-0.25, -0.2) is 4.79 Å². The van der Waals surface area contributed by atoms with Crippen molar-refractivity contribution in [3.8, 4) is 0 Å². The van der Waals surface area contributed by atoms with Crippen LogP contribution in [0, 0.1) is 0 Å². The molecule has 1 rings (SSSR count). The molecule has 6 nitrogen and oxygen atoms in total. The zero-order chi connectivity index (χ0) is 14.6. The summed E-state index contributed by atoms with van der Waals surface area (Å²) in [6.45, 7) is -1.17. The van der Waals surface area contributed by atoms with E-state index in [1.807, 2.05) is 0 Å². The topological polar surface area (TPSA) is 81.2 Å². The molecular weight excluding hydrogens is 269 g/mol. The summed E-state index contributed by atoms with van der Waals surface area (Å²) in [7, 11) is 0. The number of aromatic nitrogens is 2. The average Bonchev–Trinajstić information content (AvgIpc) is 2.25. The SMILES string of the molecule is CC(=O)c1c[nH]c(=O)n(CCOCC(F)(F)F)c1=O. The van der Waals surface area contributed by atoms with Crippen LogP contribution in [0.25, 0.3) is 0 Å². The summed E-state index contributed by atoms with van der Waals surface area (Å²) in [4.78, 5) is 36.2. The third-order valence-corrected chi connectivity index (χ3v) is 2.16. The van der Waals surface area contributed by atoms with Crippen molar-refractivity contribution in [1.82, 2.24) is 9.55 Å². The molecule has 1 aromatic rings. The largest absolute Gasteiger partial charge is 0.411 e. The second-order valence-electron chi connectivity index (χ2n) is 3.69. The number of halogens is 3. The lowest BCUT2D eigenvalue weighted by Crippen LogP contribution is -2.39. The minimum Gasteiger partial charge on any atom is -0.370 e. The lowest BCUT2D eigenvalue weighted by Gasteiger charge is -2.08. The van der Waals surface area contributed by atoms with E-state index in [2.05, 4.69) is 9.72 Å². The molecule has 0 fully saturated rings. The van der Waals surface area contributed by atoms with Crippen molar-refractivity contribution >= 4 is 5.78 Å². The van der Waals surface area contributed by atoms with Crippen LogP contribution >= 0.6 is 0 Å². The molecule has 0 aliphatic carbocycles. The molecule has 0 saturated carbocycles. The Labute approximate surface area is 104 Å². The van der Waals surface area contributed by atoms with Gasteiger partial charge in [-0.2, -0.15) is 13.2 Å². The molecule has 1 heterocycles. The number of nitrogens with one attached hydrogen (secondary N) is 1. The van der Waals surface area contributed by atoms with Crippen LogP contribution in [0.4, 0.5) is 13.2 Å². The van der Waals surface area contributed by atoms with Crippen LogP contribution < -0.4 is 11.2 Å². The molecule has 0 unspecified atom stereocenters. The van der Waals surface area contributed by atoms with Gasteiger partial charge in [-0.3, -0.25) is 14.2 Å². The van der Waals surface area contributed by atoms with E-state index in [1.54, 1.807) is 0 Å². The number of H-pyrrole nitrogens is 1. The van der Waals surface area contributed by atoms with Gasteiger partial charge in [0, 0.05) is 6.20 Å². The number of ether oxygens (including phenoxy) is 1. The Kier molecular flexibility index (Phi) is 4.65. The van der Waals surface area contributed by atoms with E-state index in [0.717, 1.165) is 13.1 Å². The van der Waals surface area contributed by atoms with Crippen LogP contribution in [0.15, 0.2) is 15.8 Å². The Balaban J connectivity index is 2.79. The van der Waals surface area contributed by atoms with E-state index < -0.39 is 36.4 Å². The first-order chi connectivity index (χ1) is 8.72. The Hall–Kier alpha value is -1.90. The molecule has 0 bridgehead atoms. The molecule has 9 heteroatoms. The lowest BCUT2D eigenvalue weighted by molar-refractivity contribution is -0.174. The smallest absolute Gasteiger partial charge is 0.370 e. The fourth-order valence-corrected chi connectivity index (χ4v) is 1.31. The molecule has 0 amide bonds. The molecule has 19 heavy (non-hydrogen) atoms. The normalized spacial score (nSPS) is 11.6. The van der Waals surface area contributed by atoms with E-state index in [1.165, 1.54) is 0 Å². The zero-order valence-electron chi connectivity index (χ0n) is 9.91. The van der Waals surface area contributed by atoms with Gasteiger partial charge in [0.15, 0.2) is 5.78 Å². The maximum Gasteiger partial charge on any atom is 0.411 e. The molecule has 106 valence electrons. The molecule has 1 aromatic heterocycles. The third kappa shape index (κ3) is 4.36. The first-order valence-electron chi connectivity index (χ1n) is 5.20. The molecule has 0 spiro atoms. The van der Waals surface area contributed by atoms with Crippen LogP contribution in [0.5, 0.6) is 0 Å². The molecule has 1 N–H and O–H groups in total. The number of alkyl halides is 3. The maximum atomic E-state index is 11.8. The summed E-state index contributed by atoms with van der Waals surface area (Å²) < 4.78 is 40.3.